The molecular formula is C13H28N2O. The second kappa shape index (κ2) is 5.99. The lowest BCUT2D eigenvalue weighted by Crippen LogP contribution is -2.51. The summed E-state index contributed by atoms with van der Waals surface area (Å²) in [6.07, 6.45) is 3.65. The lowest BCUT2D eigenvalue weighted by atomic mass is 9.93. The fourth-order valence-corrected chi connectivity index (χ4v) is 2.57. The van der Waals surface area contributed by atoms with Gasteiger partial charge in [0.1, 0.15) is 0 Å². The van der Waals surface area contributed by atoms with Crippen LogP contribution >= 0.6 is 0 Å². The third-order valence-corrected chi connectivity index (χ3v) is 3.99. The van der Waals surface area contributed by atoms with Crippen molar-refractivity contribution in [3.8, 4) is 0 Å². The van der Waals surface area contributed by atoms with Gasteiger partial charge in [-0.3, -0.25) is 4.90 Å². The van der Waals surface area contributed by atoms with Gasteiger partial charge >= 0.3 is 0 Å². The molecule has 1 fully saturated rings. The van der Waals surface area contributed by atoms with E-state index in [0.29, 0.717) is 12.1 Å². The molecule has 0 spiro atoms. The number of piperidine rings is 1. The second-order valence-corrected chi connectivity index (χ2v) is 5.50. The highest BCUT2D eigenvalue weighted by Crippen LogP contribution is 2.26. The van der Waals surface area contributed by atoms with Crippen molar-refractivity contribution in [3.63, 3.8) is 0 Å². The van der Waals surface area contributed by atoms with E-state index in [-0.39, 0.29) is 5.60 Å². The monoisotopic (exact) mass is 228 g/mol. The highest BCUT2D eigenvalue weighted by atomic mass is 16.5. The maximum absolute atomic E-state index is 5.63. The number of hydrogen-bond donors (Lipinski definition) is 1. The van der Waals surface area contributed by atoms with E-state index in [2.05, 4.69) is 31.0 Å². The Morgan fingerprint density at radius 1 is 1.44 bits per heavy atom. The number of ether oxygens (including phenoxy) is 1. The number of methoxy groups -OCH3 is 1. The Hall–Kier alpha value is -0.120. The maximum Gasteiger partial charge on any atom is 0.0777 e. The Bertz CT molecular complexity index is 210. The summed E-state index contributed by atoms with van der Waals surface area (Å²) in [6.45, 7) is 9.09. The van der Waals surface area contributed by atoms with E-state index in [1.807, 2.05) is 14.2 Å². The summed E-state index contributed by atoms with van der Waals surface area (Å²) in [6, 6.07) is 1.22. The van der Waals surface area contributed by atoms with Crippen LogP contribution in [0.15, 0.2) is 0 Å². The normalized spacial score (nSPS) is 31.3. The van der Waals surface area contributed by atoms with Crippen LogP contribution in [0.4, 0.5) is 0 Å². The van der Waals surface area contributed by atoms with Gasteiger partial charge in [0.2, 0.25) is 0 Å². The third kappa shape index (κ3) is 3.72. The molecule has 0 radical (unpaired) electrons. The van der Waals surface area contributed by atoms with Gasteiger partial charge in [0.15, 0.2) is 0 Å². The van der Waals surface area contributed by atoms with Crippen LogP contribution in [0.3, 0.4) is 0 Å². The molecule has 1 rings (SSSR count). The smallest absolute Gasteiger partial charge is 0.0777 e. The molecule has 1 heterocycles. The Morgan fingerprint density at radius 2 is 2.12 bits per heavy atom. The summed E-state index contributed by atoms with van der Waals surface area (Å²) in [4.78, 5) is 2.57. The van der Waals surface area contributed by atoms with E-state index in [1.54, 1.807) is 0 Å². The van der Waals surface area contributed by atoms with Crippen molar-refractivity contribution in [2.45, 2.75) is 57.7 Å². The summed E-state index contributed by atoms with van der Waals surface area (Å²) in [5.74, 6) is 0. The van der Waals surface area contributed by atoms with Crippen molar-refractivity contribution in [1.82, 2.24) is 10.2 Å². The number of likely N-dealkylation sites (tertiary alicyclic amines) is 1. The predicted molar refractivity (Wildman–Crippen MR) is 68.8 cm³/mol. The van der Waals surface area contributed by atoms with E-state index >= 15 is 0 Å². The van der Waals surface area contributed by atoms with Crippen molar-refractivity contribution < 1.29 is 4.74 Å². The summed E-state index contributed by atoms with van der Waals surface area (Å²) < 4.78 is 5.63. The molecule has 0 aliphatic carbocycles. The minimum Gasteiger partial charge on any atom is -0.377 e. The van der Waals surface area contributed by atoms with E-state index in [0.717, 1.165) is 6.54 Å². The van der Waals surface area contributed by atoms with Gasteiger partial charge in [-0.05, 0) is 53.6 Å². The molecule has 0 aromatic heterocycles. The molecule has 96 valence electrons. The zero-order chi connectivity index (χ0) is 12.2. The van der Waals surface area contributed by atoms with Crippen LogP contribution in [-0.4, -0.2) is 49.8 Å². The minimum absolute atomic E-state index is 0.0649. The van der Waals surface area contributed by atoms with Crippen molar-refractivity contribution in [1.29, 1.82) is 0 Å². The van der Waals surface area contributed by atoms with Crippen LogP contribution in [0.1, 0.15) is 40.0 Å². The molecule has 1 aliphatic heterocycles. The molecule has 1 N–H and O–H groups in total. The Labute approximate surface area is 101 Å². The SMILES string of the molecule is CNC(C)CC(C)N1CCCC(C)(OC)C1. The molecule has 1 aliphatic rings. The molecule has 0 aromatic carbocycles. The Morgan fingerprint density at radius 3 is 2.69 bits per heavy atom. The van der Waals surface area contributed by atoms with Gasteiger partial charge in [-0.2, -0.15) is 0 Å². The van der Waals surface area contributed by atoms with Crippen molar-refractivity contribution in [2.75, 3.05) is 27.2 Å². The number of nitrogens with zero attached hydrogens (tertiary/aromatic N) is 1. The largest absolute Gasteiger partial charge is 0.377 e. The topological polar surface area (TPSA) is 24.5 Å². The van der Waals surface area contributed by atoms with Crippen LogP contribution in [-0.2, 0) is 4.74 Å². The summed E-state index contributed by atoms with van der Waals surface area (Å²) in [7, 11) is 3.87. The summed E-state index contributed by atoms with van der Waals surface area (Å²) >= 11 is 0. The van der Waals surface area contributed by atoms with Gasteiger partial charge in [-0.1, -0.05) is 0 Å². The lowest BCUT2D eigenvalue weighted by molar-refractivity contribution is -0.0607. The van der Waals surface area contributed by atoms with Crippen molar-refractivity contribution in [2.24, 2.45) is 0 Å². The van der Waals surface area contributed by atoms with Gasteiger partial charge in [0.05, 0.1) is 5.60 Å². The standard InChI is InChI=1S/C13H28N2O/c1-11(14-4)9-12(2)15-8-6-7-13(3,10-15)16-5/h11-12,14H,6-10H2,1-5H3. The molecule has 1 saturated heterocycles. The fraction of sp³-hybridized carbons (Fsp3) is 1.00. The average Bonchev–Trinajstić information content (AvgIpc) is 2.29. The molecule has 3 nitrogen and oxygen atoms in total. The highest BCUT2D eigenvalue weighted by Gasteiger charge is 2.32. The van der Waals surface area contributed by atoms with Gasteiger partial charge in [0, 0.05) is 25.7 Å². The van der Waals surface area contributed by atoms with Crippen LogP contribution in [0, 0.1) is 0 Å². The van der Waals surface area contributed by atoms with Crippen molar-refractivity contribution in [3.05, 3.63) is 0 Å². The minimum atomic E-state index is 0.0649. The van der Waals surface area contributed by atoms with E-state index in [1.165, 1.54) is 25.8 Å². The van der Waals surface area contributed by atoms with Gasteiger partial charge < -0.3 is 10.1 Å². The first-order chi connectivity index (χ1) is 7.50. The number of nitrogens with one attached hydrogen (secondary N) is 1. The fourth-order valence-electron chi connectivity index (χ4n) is 2.57. The number of rotatable bonds is 5. The Balaban J connectivity index is 2.47. The zero-order valence-corrected chi connectivity index (χ0v) is 11.5. The first-order valence-corrected chi connectivity index (χ1v) is 6.47. The first kappa shape index (κ1) is 13.9. The van der Waals surface area contributed by atoms with Crippen LogP contribution in [0.2, 0.25) is 0 Å². The maximum atomic E-state index is 5.63. The highest BCUT2D eigenvalue weighted by molar-refractivity contribution is 4.87. The first-order valence-electron chi connectivity index (χ1n) is 6.47. The lowest BCUT2D eigenvalue weighted by Gasteiger charge is -2.42. The molecule has 0 amide bonds. The van der Waals surface area contributed by atoms with Gasteiger partial charge in [-0.25, -0.2) is 0 Å². The molecular weight excluding hydrogens is 200 g/mol. The quantitative estimate of drug-likeness (QED) is 0.777. The average molecular weight is 228 g/mol. The summed E-state index contributed by atoms with van der Waals surface area (Å²) in [5, 5.41) is 3.31. The zero-order valence-electron chi connectivity index (χ0n) is 11.5. The van der Waals surface area contributed by atoms with E-state index in [4.69, 9.17) is 4.74 Å². The van der Waals surface area contributed by atoms with Crippen molar-refractivity contribution >= 4 is 0 Å². The predicted octanol–water partition coefficient (Wildman–Crippen LogP) is 1.87. The van der Waals surface area contributed by atoms with Gasteiger partial charge in [-0.15, -0.1) is 0 Å². The molecule has 3 atom stereocenters. The second-order valence-electron chi connectivity index (χ2n) is 5.50. The van der Waals surface area contributed by atoms with Crippen LogP contribution in [0.5, 0.6) is 0 Å². The molecule has 0 saturated carbocycles. The third-order valence-electron chi connectivity index (χ3n) is 3.99. The molecule has 0 bridgehead atoms. The molecule has 3 unspecified atom stereocenters. The molecule has 3 heteroatoms. The van der Waals surface area contributed by atoms with Gasteiger partial charge in [0.25, 0.3) is 0 Å². The number of hydrogen-bond acceptors (Lipinski definition) is 3. The summed E-state index contributed by atoms with van der Waals surface area (Å²) in [5.41, 5.74) is 0.0649. The Kier molecular flexibility index (Phi) is 5.22. The molecule has 16 heavy (non-hydrogen) atoms. The van der Waals surface area contributed by atoms with E-state index in [9.17, 15) is 0 Å². The van der Waals surface area contributed by atoms with Crippen LogP contribution in [0.25, 0.3) is 0 Å². The van der Waals surface area contributed by atoms with E-state index < -0.39 is 0 Å². The van der Waals surface area contributed by atoms with Crippen LogP contribution < -0.4 is 5.32 Å². The molecule has 0 aromatic rings.